The van der Waals surface area contributed by atoms with E-state index < -0.39 is 0 Å². The summed E-state index contributed by atoms with van der Waals surface area (Å²) in [6.45, 7) is 1.98. The van der Waals surface area contributed by atoms with Crippen molar-refractivity contribution in [3.63, 3.8) is 0 Å². The van der Waals surface area contributed by atoms with Gasteiger partial charge in [-0.05, 0) is 38.0 Å². The minimum Gasteiger partial charge on any atom is -0.398 e. The summed E-state index contributed by atoms with van der Waals surface area (Å²) in [5.74, 6) is 0. The summed E-state index contributed by atoms with van der Waals surface area (Å²) in [4.78, 5) is 0. The Labute approximate surface area is 114 Å². The Morgan fingerprint density at radius 2 is 2.06 bits per heavy atom. The van der Waals surface area contributed by atoms with Crippen molar-refractivity contribution in [2.24, 2.45) is 5.10 Å². The highest BCUT2D eigenvalue weighted by atomic mass is 35.5. The second kappa shape index (κ2) is 5.61. The van der Waals surface area contributed by atoms with Crippen LogP contribution in [-0.2, 0) is 0 Å². The Morgan fingerprint density at radius 3 is 2.72 bits per heavy atom. The molecule has 1 saturated carbocycles. The van der Waals surface area contributed by atoms with E-state index in [1.165, 1.54) is 25.7 Å². The van der Waals surface area contributed by atoms with Crippen LogP contribution in [0, 0.1) is 0 Å². The van der Waals surface area contributed by atoms with Crippen LogP contribution in [0.2, 0.25) is 5.02 Å². The molecule has 18 heavy (non-hydrogen) atoms. The van der Waals surface area contributed by atoms with Crippen LogP contribution in [0.25, 0.3) is 0 Å². The Balaban J connectivity index is 2.18. The lowest BCUT2D eigenvalue weighted by atomic mass is 10.1. The number of halogens is 1. The van der Waals surface area contributed by atoms with Crippen molar-refractivity contribution in [3.8, 4) is 0 Å². The maximum absolute atomic E-state index is 6.00. The molecule has 3 nitrogen and oxygen atoms in total. The van der Waals surface area contributed by atoms with Crippen molar-refractivity contribution in [2.75, 3.05) is 12.8 Å². The Kier molecular flexibility index (Phi) is 4.12. The van der Waals surface area contributed by atoms with E-state index in [4.69, 9.17) is 17.3 Å². The van der Waals surface area contributed by atoms with Gasteiger partial charge >= 0.3 is 0 Å². The topological polar surface area (TPSA) is 41.6 Å². The molecule has 1 aliphatic carbocycles. The summed E-state index contributed by atoms with van der Waals surface area (Å²) < 4.78 is 0. The van der Waals surface area contributed by atoms with E-state index in [2.05, 4.69) is 10.1 Å². The Morgan fingerprint density at radius 1 is 1.39 bits per heavy atom. The molecule has 1 fully saturated rings. The maximum atomic E-state index is 6.00. The molecule has 0 unspecified atom stereocenters. The number of rotatable bonds is 3. The number of nitrogens with zero attached hydrogens (tertiary/aromatic N) is 2. The molecule has 1 aliphatic rings. The van der Waals surface area contributed by atoms with Gasteiger partial charge in [-0.1, -0.05) is 24.4 Å². The third-order valence-electron chi connectivity index (χ3n) is 3.57. The second-order valence-corrected chi connectivity index (χ2v) is 5.37. The van der Waals surface area contributed by atoms with Gasteiger partial charge in [-0.15, -0.1) is 0 Å². The number of benzene rings is 1. The molecule has 0 saturated heterocycles. The molecule has 0 atom stereocenters. The normalized spacial score (nSPS) is 17.2. The van der Waals surface area contributed by atoms with Gasteiger partial charge in [-0.25, -0.2) is 0 Å². The highest BCUT2D eigenvalue weighted by Gasteiger charge is 2.18. The molecule has 0 aliphatic heterocycles. The van der Waals surface area contributed by atoms with Crippen molar-refractivity contribution in [1.82, 2.24) is 5.01 Å². The first-order valence-electron chi connectivity index (χ1n) is 6.41. The number of nitrogen functional groups attached to an aromatic ring is 1. The minimum absolute atomic E-state index is 0.570. The molecule has 98 valence electrons. The summed E-state index contributed by atoms with van der Waals surface area (Å²) >= 11 is 6.00. The lowest BCUT2D eigenvalue weighted by molar-refractivity contribution is 0.257. The molecule has 2 N–H and O–H groups in total. The van der Waals surface area contributed by atoms with E-state index in [0.29, 0.717) is 11.1 Å². The summed E-state index contributed by atoms with van der Waals surface area (Å²) in [5, 5.41) is 7.41. The molecule has 0 radical (unpaired) electrons. The zero-order chi connectivity index (χ0) is 13.1. The molecule has 1 aromatic rings. The summed E-state index contributed by atoms with van der Waals surface area (Å²) in [5.41, 5.74) is 8.53. The van der Waals surface area contributed by atoms with Gasteiger partial charge in [0.15, 0.2) is 0 Å². The van der Waals surface area contributed by atoms with Gasteiger partial charge in [0.05, 0.1) is 5.71 Å². The van der Waals surface area contributed by atoms with E-state index in [-0.39, 0.29) is 0 Å². The van der Waals surface area contributed by atoms with E-state index in [1.54, 1.807) is 6.07 Å². The van der Waals surface area contributed by atoms with Crippen molar-refractivity contribution in [1.29, 1.82) is 0 Å². The van der Waals surface area contributed by atoms with Gasteiger partial charge in [0.2, 0.25) is 0 Å². The first kappa shape index (κ1) is 13.2. The lowest BCUT2D eigenvalue weighted by Gasteiger charge is -2.22. The average molecular weight is 266 g/mol. The molecule has 0 aromatic heterocycles. The van der Waals surface area contributed by atoms with Gasteiger partial charge < -0.3 is 5.73 Å². The van der Waals surface area contributed by atoms with Crippen LogP contribution < -0.4 is 5.73 Å². The average Bonchev–Trinajstić information content (AvgIpc) is 2.85. The molecule has 0 spiro atoms. The van der Waals surface area contributed by atoms with E-state index in [1.807, 2.05) is 26.1 Å². The van der Waals surface area contributed by atoms with Gasteiger partial charge in [0, 0.05) is 29.4 Å². The fourth-order valence-corrected chi connectivity index (χ4v) is 2.66. The Hall–Kier alpha value is -1.22. The summed E-state index contributed by atoms with van der Waals surface area (Å²) in [7, 11) is 2.04. The van der Waals surface area contributed by atoms with Crippen LogP contribution in [0.3, 0.4) is 0 Å². The highest BCUT2D eigenvalue weighted by Crippen LogP contribution is 2.24. The fourth-order valence-electron chi connectivity index (χ4n) is 2.49. The first-order chi connectivity index (χ1) is 8.58. The third kappa shape index (κ3) is 2.96. The van der Waals surface area contributed by atoms with Crippen LogP contribution in [-0.4, -0.2) is 23.8 Å². The van der Waals surface area contributed by atoms with Crippen LogP contribution >= 0.6 is 11.6 Å². The molecular weight excluding hydrogens is 246 g/mol. The van der Waals surface area contributed by atoms with Crippen molar-refractivity contribution in [3.05, 3.63) is 28.8 Å². The van der Waals surface area contributed by atoms with E-state index in [9.17, 15) is 0 Å². The van der Waals surface area contributed by atoms with Crippen molar-refractivity contribution in [2.45, 2.75) is 38.6 Å². The molecule has 0 bridgehead atoms. The number of anilines is 1. The predicted octanol–water partition coefficient (Wildman–Crippen LogP) is 3.52. The van der Waals surface area contributed by atoms with Gasteiger partial charge in [0.25, 0.3) is 0 Å². The van der Waals surface area contributed by atoms with Crippen LogP contribution in [0.1, 0.15) is 38.2 Å². The Bertz CT molecular complexity index is 450. The molecule has 1 aromatic carbocycles. The molecule has 0 amide bonds. The molecule has 4 heteroatoms. The van der Waals surface area contributed by atoms with E-state index >= 15 is 0 Å². The number of hydrogen-bond donors (Lipinski definition) is 1. The van der Waals surface area contributed by atoms with Crippen LogP contribution in [0.5, 0.6) is 0 Å². The zero-order valence-electron chi connectivity index (χ0n) is 11.0. The standard InChI is InChI=1S/C14H20ClN3/c1-10(13-9-11(15)7-8-14(13)16)17-18(2)12-5-3-4-6-12/h7-9,12H,3-6,16H2,1-2H3/b17-10+. The number of hydrazone groups is 1. The largest absolute Gasteiger partial charge is 0.398 e. The van der Waals surface area contributed by atoms with Gasteiger partial charge in [-0.3, -0.25) is 5.01 Å². The fraction of sp³-hybridized carbons (Fsp3) is 0.500. The second-order valence-electron chi connectivity index (χ2n) is 4.93. The van der Waals surface area contributed by atoms with Crippen LogP contribution in [0.15, 0.2) is 23.3 Å². The summed E-state index contributed by atoms with van der Waals surface area (Å²) in [6, 6.07) is 6.07. The van der Waals surface area contributed by atoms with Gasteiger partial charge in [0.1, 0.15) is 0 Å². The third-order valence-corrected chi connectivity index (χ3v) is 3.80. The minimum atomic E-state index is 0.570. The zero-order valence-corrected chi connectivity index (χ0v) is 11.7. The maximum Gasteiger partial charge on any atom is 0.0667 e. The monoisotopic (exact) mass is 265 g/mol. The van der Waals surface area contributed by atoms with E-state index in [0.717, 1.165) is 17.0 Å². The number of hydrogen-bond acceptors (Lipinski definition) is 3. The predicted molar refractivity (Wildman–Crippen MR) is 78.1 cm³/mol. The highest BCUT2D eigenvalue weighted by molar-refractivity contribution is 6.31. The SMILES string of the molecule is C/C(=N\N(C)C1CCCC1)c1cc(Cl)ccc1N. The smallest absolute Gasteiger partial charge is 0.0667 e. The first-order valence-corrected chi connectivity index (χ1v) is 6.79. The van der Waals surface area contributed by atoms with Crippen LogP contribution in [0.4, 0.5) is 5.69 Å². The molecule has 0 heterocycles. The van der Waals surface area contributed by atoms with Gasteiger partial charge in [-0.2, -0.15) is 5.10 Å². The van der Waals surface area contributed by atoms with Crippen molar-refractivity contribution < 1.29 is 0 Å². The molecular formula is C14H20ClN3. The molecule has 2 rings (SSSR count). The summed E-state index contributed by atoms with van der Waals surface area (Å²) in [6.07, 6.45) is 5.09. The quantitative estimate of drug-likeness (QED) is 0.516. The number of nitrogens with two attached hydrogens (primary N) is 1. The lowest BCUT2D eigenvalue weighted by Crippen LogP contribution is -2.25. The van der Waals surface area contributed by atoms with Crippen molar-refractivity contribution >= 4 is 23.0 Å².